The van der Waals surface area contributed by atoms with E-state index in [0.29, 0.717) is 0 Å². The van der Waals surface area contributed by atoms with Crippen LogP contribution >= 0.6 is 46.1 Å². The maximum Gasteiger partial charge on any atom is 0.271 e. The summed E-state index contributed by atoms with van der Waals surface area (Å²) in [6, 6.07) is 5.40. The average molecular weight is 516 g/mol. The molecule has 0 bridgehead atoms. The van der Waals surface area contributed by atoms with E-state index in [9.17, 15) is 16.8 Å². The molecular weight excluding hydrogens is 503 g/mol. The van der Waals surface area contributed by atoms with E-state index in [1.165, 1.54) is 36.9 Å². The lowest BCUT2D eigenvalue weighted by atomic mass is 10.3. The minimum absolute atomic E-state index is 0.0254. The molecule has 29 heavy (non-hydrogen) atoms. The number of hydrogen-bond acceptors (Lipinski definition) is 6. The highest BCUT2D eigenvalue weighted by Gasteiger charge is 2.27. The van der Waals surface area contributed by atoms with Crippen LogP contribution in [0, 0.1) is 6.92 Å². The molecule has 8 nitrogen and oxygen atoms in total. The van der Waals surface area contributed by atoms with Gasteiger partial charge in [-0.1, -0.05) is 40.9 Å². The third-order valence-electron chi connectivity index (χ3n) is 3.68. The maximum absolute atomic E-state index is 12.9. The van der Waals surface area contributed by atoms with Gasteiger partial charge < -0.3 is 0 Å². The molecule has 0 fully saturated rings. The lowest BCUT2D eigenvalue weighted by Crippen LogP contribution is -2.18. The third kappa shape index (κ3) is 4.49. The molecule has 0 aliphatic rings. The van der Waals surface area contributed by atoms with E-state index in [1.807, 2.05) is 0 Å². The number of nitrogens with zero attached hydrogens (tertiary/aromatic N) is 2. The molecule has 14 heteroatoms. The topological polar surface area (TPSA) is 110 Å². The highest BCUT2D eigenvalue weighted by molar-refractivity contribution is 7.94. The fourth-order valence-electron chi connectivity index (χ4n) is 2.44. The van der Waals surface area contributed by atoms with E-state index >= 15 is 0 Å². The fourth-order valence-corrected chi connectivity index (χ4v) is 6.65. The first-order valence-electron chi connectivity index (χ1n) is 7.69. The second-order valence-corrected chi connectivity index (χ2v) is 11.4. The molecule has 2 aromatic heterocycles. The fraction of sp³-hybridized carbons (Fsp3) is 0.133. The van der Waals surface area contributed by atoms with Crippen LogP contribution in [0.15, 0.2) is 38.8 Å². The van der Waals surface area contributed by atoms with Crippen LogP contribution in [0.3, 0.4) is 0 Å². The van der Waals surface area contributed by atoms with E-state index in [4.69, 9.17) is 34.8 Å². The predicted octanol–water partition coefficient (Wildman–Crippen LogP) is 4.35. The molecule has 3 rings (SSSR count). The second kappa shape index (κ2) is 7.97. The molecule has 3 aromatic rings. The quantitative estimate of drug-likeness (QED) is 0.507. The molecule has 156 valence electrons. The monoisotopic (exact) mass is 514 g/mol. The molecule has 0 saturated heterocycles. The Balaban J connectivity index is 2.07. The summed E-state index contributed by atoms with van der Waals surface area (Å²) in [7, 11) is -6.69. The summed E-state index contributed by atoms with van der Waals surface area (Å²) in [6.07, 6.45) is 0. The Morgan fingerprint density at radius 2 is 1.55 bits per heavy atom. The number of aromatic nitrogens is 2. The molecule has 0 saturated carbocycles. The highest BCUT2D eigenvalue weighted by Crippen LogP contribution is 2.36. The molecule has 2 heterocycles. The lowest BCUT2D eigenvalue weighted by Gasteiger charge is -2.15. The normalized spacial score (nSPS) is 12.2. The number of hydrogen-bond donors (Lipinski definition) is 2. The third-order valence-corrected chi connectivity index (χ3v) is 9.22. The number of benzene rings is 1. The highest BCUT2D eigenvalue weighted by atomic mass is 35.5. The van der Waals surface area contributed by atoms with Crippen molar-refractivity contribution in [2.75, 3.05) is 9.44 Å². The lowest BCUT2D eigenvalue weighted by molar-refractivity contribution is 0.599. The average Bonchev–Trinajstić information content (AvgIpc) is 3.21. The first-order chi connectivity index (χ1) is 13.4. The van der Waals surface area contributed by atoms with Crippen molar-refractivity contribution in [1.29, 1.82) is 0 Å². The van der Waals surface area contributed by atoms with Crippen LogP contribution in [0.2, 0.25) is 15.2 Å². The zero-order valence-corrected chi connectivity index (χ0v) is 19.5. The molecular formula is C15H13Cl3N4O4S3. The van der Waals surface area contributed by atoms with Gasteiger partial charge in [0.25, 0.3) is 20.0 Å². The first kappa shape index (κ1) is 22.2. The summed E-state index contributed by atoms with van der Waals surface area (Å²) in [5, 5.41) is 5.53. The second-order valence-electron chi connectivity index (χ2n) is 5.78. The van der Waals surface area contributed by atoms with Crippen LogP contribution in [0.25, 0.3) is 0 Å². The minimum atomic E-state index is -4.21. The van der Waals surface area contributed by atoms with Gasteiger partial charge >= 0.3 is 0 Å². The number of nitrogens with one attached hydrogen (secondary N) is 2. The number of sulfonamides is 2. The summed E-state index contributed by atoms with van der Waals surface area (Å²) >= 11 is 19.1. The Kier molecular flexibility index (Phi) is 6.10. The Morgan fingerprint density at radius 3 is 2.00 bits per heavy atom. The molecule has 1 aromatic carbocycles. The van der Waals surface area contributed by atoms with Crippen molar-refractivity contribution in [2.45, 2.75) is 16.0 Å². The largest absolute Gasteiger partial charge is 0.277 e. The van der Waals surface area contributed by atoms with Crippen LogP contribution in [0.4, 0.5) is 11.4 Å². The molecule has 2 N–H and O–H groups in total. The summed E-state index contributed by atoms with van der Waals surface area (Å²) in [6.45, 7) is 1.48. The van der Waals surface area contributed by atoms with Gasteiger partial charge in [0.2, 0.25) is 0 Å². The molecule has 0 aliphatic heterocycles. The van der Waals surface area contributed by atoms with Gasteiger partial charge in [-0.15, -0.1) is 11.3 Å². The summed E-state index contributed by atoms with van der Waals surface area (Å²) in [4.78, 5) is -0.236. The predicted molar refractivity (Wildman–Crippen MR) is 115 cm³/mol. The van der Waals surface area contributed by atoms with E-state index in [0.717, 1.165) is 11.3 Å². The van der Waals surface area contributed by atoms with Crippen molar-refractivity contribution in [2.24, 2.45) is 7.05 Å². The zero-order chi connectivity index (χ0) is 21.6. The van der Waals surface area contributed by atoms with Crippen LogP contribution in [-0.2, 0) is 27.1 Å². The van der Waals surface area contributed by atoms with Gasteiger partial charge in [0.1, 0.15) is 14.3 Å². The maximum atomic E-state index is 12.9. The summed E-state index contributed by atoms with van der Waals surface area (Å²) in [5.74, 6) is 0. The Morgan fingerprint density at radius 1 is 1.00 bits per heavy atom. The van der Waals surface area contributed by atoms with Gasteiger partial charge in [-0.25, -0.2) is 16.8 Å². The van der Waals surface area contributed by atoms with Crippen LogP contribution in [0.5, 0.6) is 0 Å². The molecule has 0 atom stereocenters. The van der Waals surface area contributed by atoms with E-state index in [2.05, 4.69) is 14.5 Å². The smallest absolute Gasteiger partial charge is 0.271 e. The van der Waals surface area contributed by atoms with Gasteiger partial charge in [0.05, 0.1) is 27.1 Å². The Labute approximate surface area is 186 Å². The van der Waals surface area contributed by atoms with E-state index < -0.39 is 20.0 Å². The molecule has 0 aliphatic carbocycles. The van der Waals surface area contributed by atoms with Gasteiger partial charge in [0, 0.05) is 7.05 Å². The van der Waals surface area contributed by atoms with Crippen molar-refractivity contribution in [3.05, 3.63) is 50.5 Å². The number of halogens is 3. The van der Waals surface area contributed by atoms with Gasteiger partial charge in [-0.2, -0.15) is 5.10 Å². The van der Waals surface area contributed by atoms with Crippen LogP contribution in [-0.4, -0.2) is 26.6 Å². The van der Waals surface area contributed by atoms with Crippen molar-refractivity contribution in [1.82, 2.24) is 9.78 Å². The zero-order valence-electron chi connectivity index (χ0n) is 14.8. The molecule has 0 unspecified atom stereocenters. The van der Waals surface area contributed by atoms with E-state index in [-0.39, 0.29) is 41.4 Å². The molecule has 0 amide bonds. The standard InChI is InChI=1S/C15H13Cl3N4O4S3/c1-8-14(15(18)22(2)19-8)29(25,26)21-12-7-10(17)9(16)6-11(12)20-28(23,24)13-4-3-5-27-13/h3-7,20-21H,1-2H3. The Bertz CT molecular complexity index is 1290. The van der Waals surface area contributed by atoms with Crippen molar-refractivity contribution < 1.29 is 16.8 Å². The number of anilines is 2. The number of rotatable bonds is 6. The number of thiophene rings is 1. The van der Waals surface area contributed by atoms with Gasteiger partial charge in [-0.3, -0.25) is 14.1 Å². The summed E-state index contributed by atoms with van der Waals surface area (Å²) < 4.78 is 56.8. The minimum Gasteiger partial charge on any atom is -0.277 e. The van der Waals surface area contributed by atoms with Crippen molar-refractivity contribution >= 4 is 77.6 Å². The van der Waals surface area contributed by atoms with Crippen molar-refractivity contribution in [3.8, 4) is 0 Å². The first-order valence-corrected chi connectivity index (χ1v) is 12.7. The van der Waals surface area contributed by atoms with Gasteiger partial charge in [-0.05, 0) is 30.5 Å². The molecule has 0 spiro atoms. The van der Waals surface area contributed by atoms with Crippen molar-refractivity contribution in [3.63, 3.8) is 0 Å². The van der Waals surface area contributed by atoms with Crippen LogP contribution in [0.1, 0.15) is 5.69 Å². The van der Waals surface area contributed by atoms with Gasteiger partial charge in [0.15, 0.2) is 0 Å². The van der Waals surface area contributed by atoms with E-state index in [1.54, 1.807) is 11.4 Å². The Hall–Kier alpha value is -1.50. The molecule has 0 radical (unpaired) electrons. The summed E-state index contributed by atoms with van der Waals surface area (Å²) in [5.41, 5.74) is -0.0568. The number of aryl methyl sites for hydroxylation is 2. The van der Waals surface area contributed by atoms with Crippen LogP contribution < -0.4 is 9.44 Å². The SMILES string of the molecule is Cc1nn(C)c(Cl)c1S(=O)(=O)Nc1cc(Cl)c(Cl)cc1NS(=O)(=O)c1cccs1.